The zero-order valence-electron chi connectivity index (χ0n) is 14.2. The molecule has 6 heteroatoms. The van der Waals surface area contributed by atoms with Crippen molar-refractivity contribution in [2.75, 3.05) is 19.7 Å². The van der Waals surface area contributed by atoms with E-state index in [4.69, 9.17) is 4.74 Å². The van der Waals surface area contributed by atoms with Crippen LogP contribution in [0.15, 0.2) is 5.38 Å². The van der Waals surface area contributed by atoms with E-state index < -0.39 is 0 Å². The highest BCUT2D eigenvalue weighted by Gasteiger charge is 2.27. The monoisotopic (exact) mass is 338 g/mol. The van der Waals surface area contributed by atoms with E-state index in [2.05, 4.69) is 18.8 Å². The lowest BCUT2D eigenvalue weighted by atomic mass is 10.2. The molecule has 23 heavy (non-hydrogen) atoms. The van der Waals surface area contributed by atoms with Crippen molar-refractivity contribution in [1.82, 2.24) is 9.88 Å². The summed E-state index contributed by atoms with van der Waals surface area (Å²) in [6, 6.07) is 0. The summed E-state index contributed by atoms with van der Waals surface area (Å²) in [6.45, 7) is 7.56. The lowest BCUT2D eigenvalue weighted by Crippen LogP contribution is -2.36. The van der Waals surface area contributed by atoms with Crippen molar-refractivity contribution >= 4 is 23.2 Å². The molecular weight excluding hydrogens is 312 g/mol. The molecule has 1 amide bonds. The van der Waals surface area contributed by atoms with E-state index in [1.54, 1.807) is 18.3 Å². The molecule has 1 aliphatic carbocycles. The quantitative estimate of drug-likeness (QED) is 0.650. The van der Waals surface area contributed by atoms with E-state index in [0.29, 0.717) is 31.4 Å². The normalized spacial score (nSPS) is 14.1. The Hall–Kier alpha value is -1.43. The second-order valence-electron chi connectivity index (χ2n) is 6.35. The first kappa shape index (κ1) is 17.9. The van der Waals surface area contributed by atoms with Gasteiger partial charge in [0.25, 0.3) is 0 Å². The van der Waals surface area contributed by atoms with Crippen LogP contribution in [0, 0.1) is 5.92 Å². The number of esters is 1. The van der Waals surface area contributed by atoms with Crippen LogP contribution >= 0.6 is 11.3 Å². The van der Waals surface area contributed by atoms with Gasteiger partial charge in [-0.2, -0.15) is 0 Å². The van der Waals surface area contributed by atoms with E-state index in [0.717, 1.165) is 17.2 Å². The van der Waals surface area contributed by atoms with Crippen molar-refractivity contribution in [3.8, 4) is 0 Å². The highest BCUT2D eigenvalue weighted by atomic mass is 32.1. The van der Waals surface area contributed by atoms with Gasteiger partial charge >= 0.3 is 5.97 Å². The third-order valence-electron chi connectivity index (χ3n) is 3.82. The number of hydrogen-bond acceptors (Lipinski definition) is 5. The maximum Gasteiger partial charge on any atom is 0.307 e. The summed E-state index contributed by atoms with van der Waals surface area (Å²) in [5, 5.41) is 3.03. The summed E-state index contributed by atoms with van der Waals surface area (Å²) in [5.41, 5.74) is 0.834. The lowest BCUT2D eigenvalue weighted by molar-refractivity contribution is -0.144. The van der Waals surface area contributed by atoms with Crippen molar-refractivity contribution < 1.29 is 14.3 Å². The number of nitrogens with zero attached hydrogens (tertiary/aromatic N) is 2. The number of thiazole rings is 1. The fourth-order valence-corrected chi connectivity index (χ4v) is 3.16. The molecule has 1 aliphatic rings. The summed E-state index contributed by atoms with van der Waals surface area (Å²) in [7, 11) is 0. The van der Waals surface area contributed by atoms with Crippen molar-refractivity contribution in [1.29, 1.82) is 0 Å². The van der Waals surface area contributed by atoms with Crippen LogP contribution in [0.2, 0.25) is 0 Å². The van der Waals surface area contributed by atoms with Gasteiger partial charge in [-0.25, -0.2) is 4.98 Å². The molecule has 0 atom stereocenters. The molecule has 0 bridgehead atoms. The zero-order valence-corrected chi connectivity index (χ0v) is 15.0. The summed E-state index contributed by atoms with van der Waals surface area (Å²) in [5.74, 6) is 0.802. The molecule has 0 N–H and O–H groups in total. The molecule has 1 fully saturated rings. The summed E-state index contributed by atoms with van der Waals surface area (Å²) < 4.78 is 4.95. The standard InChI is InChI=1S/C17H26N2O3S/c1-4-22-16(21)7-8-19(10-13-5-6-13)15(20)9-14-11-23-17(18-14)12(2)3/h11-13H,4-10H2,1-3H3. The number of carbonyl (C=O) groups is 2. The van der Waals surface area contributed by atoms with Gasteiger partial charge < -0.3 is 9.64 Å². The maximum absolute atomic E-state index is 12.6. The topological polar surface area (TPSA) is 59.5 Å². The largest absolute Gasteiger partial charge is 0.466 e. The molecule has 0 unspecified atom stereocenters. The van der Waals surface area contributed by atoms with Crippen LogP contribution in [0.25, 0.3) is 0 Å². The molecular formula is C17H26N2O3S. The van der Waals surface area contributed by atoms with E-state index in [9.17, 15) is 9.59 Å². The summed E-state index contributed by atoms with van der Waals surface area (Å²) in [4.78, 5) is 30.4. The fourth-order valence-electron chi connectivity index (χ4n) is 2.33. The minimum Gasteiger partial charge on any atom is -0.466 e. The molecule has 0 aromatic carbocycles. The number of amides is 1. The van der Waals surface area contributed by atoms with Crippen LogP contribution in [0.4, 0.5) is 0 Å². The smallest absolute Gasteiger partial charge is 0.307 e. The van der Waals surface area contributed by atoms with Crippen LogP contribution < -0.4 is 0 Å². The van der Waals surface area contributed by atoms with Gasteiger partial charge in [-0.1, -0.05) is 13.8 Å². The molecule has 0 aliphatic heterocycles. The van der Waals surface area contributed by atoms with Crippen molar-refractivity contribution in [3.05, 3.63) is 16.1 Å². The molecule has 0 saturated heterocycles. The van der Waals surface area contributed by atoms with Gasteiger partial charge in [-0.05, 0) is 25.7 Å². The highest BCUT2D eigenvalue weighted by Crippen LogP contribution is 2.30. The molecule has 5 nitrogen and oxygen atoms in total. The fraction of sp³-hybridized carbons (Fsp3) is 0.706. The van der Waals surface area contributed by atoms with E-state index >= 15 is 0 Å². The van der Waals surface area contributed by atoms with Gasteiger partial charge in [0.2, 0.25) is 5.91 Å². The Labute approximate surface area is 142 Å². The first-order chi connectivity index (χ1) is 11.0. The highest BCUT2D eigenvalue weighted by molar-refractivity contribution is 7.09. The Kier molecular flexibility index (Phi) is 6.57. The number of carbonyl (C=O) groups excluding carboxylic acids is 2. The Balaban J connectivity index is 1.90. The number of ether oxygens (including phenoxy) is 1. The number of hydrogen-bond donors (Lipinski definition) is 0. The van der Waals surface area contributed by atoms with Crippen LogP contribution in [-0.4, -0.2) is 41.5 Å². The molecule has 1 heterocycles. The molecule has 2 rings (SSSR count). The van der Waals surface area contributed by atoms with Crippen LogP contribution in [-0.2, 0) is 20.7 Å². The first-order valence-corrected chi connectivity index (χ1v) is 9.25. The Morgan fingerprint density at radius 3 is 2.74 bits per heavy atom. The summed E-state index contributed by atoms with van der Waals surface area (Å²) in [6.07, 6.45) is 2.94. The van der Waals surface area contributed by atoms with Gasteiger partial charge in [0, 0.05) is 24.4 Å². The van der Waals surface area contributed by atoms with Crippen LogP contribution in [0.1, 0.15) is 56.7 Å². The first-order valence-electron chi connectivity index (χ1n) is 8.37. The molecule has 0 radical (unpaired) electrons. The van der Waals surface area contributed by atoms with E-state index in [1.165, 1.54) is 12.8 Å². The molecule has 128 valence electrons. The molecule has 0 spiro atoms. The van der Waals surface area contributed by atoms with Gasteiger partial charge in [-0.3, -0.25) is 9.59 Å². The SMILES string of the molecule is CCOC(=O)CCN(CC1CC1)C(=O)Cc1csc(C(C)C)n1. The Morgan fingerprint density at radius 1 is 1.43 bits per heavy atom. The second kappa shape index (κ2) is 8.43. The third kappa shape index (κ3) is 5.94. The van der Waals surface area contributed by atoms with Crippen molar-refractivity contribution in [2.45, 2.75) is 52.4 Å². The molecule has 1 aromatic heterocycles. The van der Waals surface area contributed by atoms with Crippen LogP contribution in [0.3, 0.4) is 0 Å². The minimum atomic E-state index is -0.239. The van der Waals surface area contributed by atoms with Crippen molar-refractivity contribution in [2.24, 2.45) is 5.92 Å². The Morgan fingerprint density at radius 2 is 2.17 bits per heavy atom. The van der Waals surface area contributed by atoms with E-state index in [-0.39, 0.29) is 18.3 Å². The third-order valence-corrected chi connectivity index (χ3v) is 5.01. The number of rotatable bonds is 9. The predicted molar refractivity (Wildman–Crippen MR) is 90.5 cm³/mol. The predicted octanol–water partition coefficient (Wildman–Crippen LogP) is 3.00. The van der Waals surface area contributed by atoms with E-state index in [1.807, 2.05) is 10.3 Å². The number of aromatic nitrogens is 1. The lowest BCUT2D eigenvalue weighted by Gasteiger charge is -2.22. The zero-order chi connectivity index (χ0) is 16.8. The second-order valence-corrected chi connectivity index (χ2v) is 7.24. The molecule has 1 aromatic rings. The van der Waals surface area contributed by atoms with Gasteiger partial charge in [0.15, 0.2) is 0 Å². The average Bonchev–Trinajstić information content (AvgIpc) is 3.19. The van der Waals surface area contributed by atoms with Gasteiger partial charge in [0.1, 0.15) is 0 Å². The average molecular weight is 338 g/mol. The minimum absolute atomic E-state index is 0.0572. The van der Waals surface area contributed by atoms with Gasteiger partial charge in [0.05, 0.1) is 30.2 Å². The van der Waals surface area contributed by atoms with Crippen LogP contribution in [0.5, 0.6) is 0 Å². The van der Waals surface area contributed by atoms with Gasteiger partial charge in [-0.15, -0.1) is 11.3 Å². The Bertz CT molecular complexity index is 538. The van der Waals surface area contributed by atoms with Crippen molar-refractivity contribution in [3.63, 3.8) is 0 Å². The maximum atomic E-state index is 12.6. The molecule has 1 saturated carbocycles. The summed E-state index contributed by atoms with van der Waals surface area (Å²) >= 11 is 1.61.